The van der Waals surface area contributed by atoms with Gasteiger partial charge >= 0.3 is 0 Å². The first-order valence-electron chi connectivity index (χ1n) is 10.2. The molecule has 0 aliphatic carbocycles. The third-order valence-electron chi connectivity index (χ3n) is 4.62. The van der Waals surface area contributed by atoms with E-state index < -0.39 is 0 Å². The molecule has 2 aromatic carbocycles. The number of amides is 2. The topological polar surface area (TPSA) is 70.2 Å². The quantitative estimate of drug-likeness (QED) is 0.573. The Morgan fingerprint density at radius 3 is 1.86 bits per heavy atom. The maximum absolute atomic E-state index is 12.4. The van der Waals surface area contributed by atoms with Gasteiger partial charge in [0, 0.05) is 24.3 Å². The Hall–Kier alpha value is -2.66. The van der Waals surface area contributed by atoms with Gasteiger partial charge in [0.05, 0.1) is 6.54 Å². The summed E-state index contributed by atoms with van der Waals surface area (Å²) >= 11 is 0. The molecule has 3 N–H and O–H groups in total. The number of benzene rings is 2. The Kier molecular flexibility index (Phi) is 8.40. The highest BCUT2D eigenvalue weighted by Gasteiger charge is 2.17. The van der Waals surface area contributed by atoms with Gasteiger partial charge in [0.25, 0.3) is 0 Å². The van der Waals surface area contributed by atoms with Crippen LogP contribution >= 0.6 is 0 Å². The van der Waals surface area contributed by atoms with Crippen LogP contribution < -0.4 is 16.0 Å². The zero-order valence-electron chi connectivity index (χ0n) is 18.1. The minimum absolute atomic E-state index is 0.0978. The van der Waals surface area contributed by atoms with Gasteiger partial charge in [0.1, 0.15) is 0 Å². The van der Waals surface area contributed by atoms with Crippen molar-refractivity contribution in [3.8, 4) is 0 Å². The van der Waals surface area contributed by atoms with E-state index in [2.05, 4.69) is 67.9 Å². The lowest BCUT2D eigenvalue weighted by Crippen LogP contribution is -2.33. The van der Waals surface area contributed by atoms with E-state index in [1.807, 2.05) is 0 Å². The van der Waals surface area contributed by atoms with Gasteiger partial charge in [-0.25, -0.2) is 0 Å². The van der Waals surface area contributed by atoms with Crippen LogP contribution in [0.15, 0.2) is 48.5 Å². The molecule has 0 saturated carbocycles. The molecule has 0 aliphatic rings. The molecule has 0 unspecified atom stereocenters. The second-order valence-electron chi connectivity index (χ2n) is 8.25. The smallest absolute Gasteiger partial charge is 0.238 e. The van der Waals surface area contributed by atoms with Crippen molar-refractivity contribution in [2.24, 2.45) is 11.8 Å². The summed E-state index contributed by atoms with van der Waals surface area (Å²) in [5.74, 6) is 0.772. The van der Waals surface area contributed by atoms with Crippen LogP contribution in [0.2, 0.25) is 0 Å². The first-order chi connectivity index (χ1) is 13.7. The number of anilines is 2. The summed E-state index contributed by atoms with van der Waals surface area (Å²) in [6.07, 6.45) is 1.07. The van der Waals surface area contributed by atoms with E-state index in [1.54, 1.807) is 24.3 Å². The SMILES string of the molecule is CC(=O)Nc1ccc(NC(=O)CN[C@H](c2ccc(CC(C)C)cc2)C(C)C)cc1. The molecule has 0 saturated heterocycles. The molecule has 5 nitrogen and oxygen atoms in total. The molecular weight excluding hydrogens is 362 g/mol. The van der Waals surface area contributed by atoms with Gasteiger partial charge < -0.3 is 16.0 Å². The van der Waals surface area contributed by atoms with Crippen molar-refractivity contribution in [2.75, 3.05) is 17.2 Å². The van der Waals surface area contributed by atoms with E-state index in [-0.39, 0.29) is 24.4 Å². The minimum Gasteiger partial charge on any atom is -0.326 e. The van der Waals surface area contributed by atoms with Crippen LogP contribution in [0.1, 0.15) is 51.8 Å². The zero-order valence-corrected chi connectivity index (χ0v) is 18.1. The van der Waals surface area contributed by atoms with Gasteiger partial charge in [-0.05, 0) is 53.6 Å². The summed E-state index contributed by atoms with van der Waals surface area (Å²) in [4.78, 5) is 23.4. The molecule has 5 heteroatoms. The Morgan fingerprint density at radius 2 is 1.38 bits per heavy atom. The average Bonchev–Trinajstić information content (AvgIpc) is 2.63. The molecule has 0 fully saturated rings. The van der Waals surface area contributed by atoms with E-state index >= 15 is 0 Å². The van der Waals surface area contributed by atoms with E-state index in [0.717, 1.165) is 6.42 Å². The Morgan fingerprint density at radius 1 is 0.828 bits per heavy atom. The van der Waals surface area contributed by atoms with Crippen molar-refractivity contribution >= 4 is 23.2 Å². The summed E-state index contributed by atoms with van der Waals surface area (Å²) < 4.78 is 0. The largest absolute Gasteiger partial charge is 0.326 e. The molecule has 1 atom stereocenters. The van der Waals surface area contributed by atoms with Crippen molar-refractivity contribution in [1.82, 2.24) is 5.32 Å². The van der Waals surface area contributed by atoms with Crippen LogP contribution in [-0.2, 0) is 16.0 Å². The van der Waals surface area contributed by atoms with Gasteiger partial charge in [0.2, 0.25) is 11.8 Å². The summed E-state index contributed by atoms with van der Waals surface area (Å²) in [7, 11) is 0. The van der Waals surface area contributed by atoms with Crippen molar-refractivity contribution in [3.63, 3.8) is 0 Å². The number of nitrogens with one attached hydrogen (secondary N) is 3. The van der Waals surface area contributed by atoms with E-state index in [1.165, 1.54) is 18.1 Å². The summed E-state index contributed by atoms with van der Waals surface area (Å²) in [5, 5.41) is 8.98. The molecule has 156 valence electrons. The fourth-order valence-electron chi connectivity index (χ4n) is 3.32. The van der Waals surface area contributed by atoms with Gasteiger partial charge in [-0.3, -0.25) is 9.59 Å². The zero-order chi connectivity index (χ0) is 21.4. The first-order valence-corrected chi connectivity index (χ1v) is 10.2. The third kappa shape index (κ3) is 7.70. The van der Waals surface area contributed by atoms with Crippen molar-refractivity contribution in [2.45, 2.75) is 47.1 Å². The number of hydrogen-bond donors (Lipinski definition) is 3. The minimum atomic E-state index is -0.122. The van der Waals surface area contributed by atoms with Crippen LogP contribution in [-0.4, -0.2) is 18.4 Å². The monoisotopic (exact) mass is 395 g/mol. The molecule has 2 rings (SSSR count). The number of rotatable bonds is 9. The molecule has 0 aliphatic heterocycles. The molecule has 0 aromatic heterocycles. The predicted molar refractivity (Wildman–Crippen MR) is 120 cm³/mol. The van der Waals surface area contributed by atoms with Crippen molar-refractivity contribution in [1.29, 1.82) is 0 Å². The lowest BCUT2D eigenvalue weighted by atomic mass is 9.94. The number of hydrogen-bond acceptors (Lipinski definition) is 3. The summed E-state index contributed by atoms with van der Waals surface area (Å²) in [6.45, 7) is 10.4. The Labute approximate surface area is 174 Å². The Balaban J connectivity index is 1.92. The average molecular weight is 396 g/mol. The molecule has 0 spiro atoms. The summed E-state index contributed by atoms with van der Waals surface area (Å²) in [6, 6.07) is 15.9. The summed E-state index contributed by atoms with van der Waals surface area (Å²) in [5.41, 5.74) is 3.94. The number of carbonyl (C=O) groups is 2. The molecule has 2 amide bonds. The van der Waals surface area contributed by atoms with E-state index in [9.17, 15) is 9.59 Å². The molecule has 0 bridgehead atoms. The highest BCUT2D eigenvalue weighted by molar-refractivity contribution is 5.93. The second-order valence-corrected chi connectivity index (χ2v) is 8.25. The first kappa shape index (κ1) is 22.6. The second kappa shape index (κ2) is 10.8. The predicted octanol–water partition coefficient (Wildman–Crippen LogP) is 4.77. The van der Waals surface area contributed by atoms with Crippen molar-refractivity contribution < 1.29 is 9.59 Å². The van der Waals surface area contributed by atoms with Gasteiger partial charge in [-0.15, -0.1) is 0 Å². The normalized spacial score (nSPS) is 12.1. The van der Waals surface area contributed by atoms with E-state index in [0.29, 0.717) is 23.2 Å². The highest BCUT2D eigenvalue weighted by atomic mass is 16.2. The van der Waals surface area contributed by atoms with Crippen molar-refractivity contribution in [3.05, 3.63) is 59.7 Å². The third-order valence-corrected chi connectivity index (χ3v) is 4.62. The standard InChI is InChI=1S/C24H33N3O2/c1-16(2)14-19-6-8-20(9-7-19)24(17(3)4)25-15-23(29)27-22-12-10-21(11-13-22)26-18(5)28/h6-13,16-17,24-25H,14-15H2,1-5H3,(H,26,28)(H,27,29)/t24-/m0/s1. The van der Waals surface area contributed by atoms with Crippen LogP contribution in [0.3, 0.4) is 0 Å². The van der Waals surface area contributed by atoms with Gasteiger partial charge in [-0.1, -0.05) is 52.0 Å². The van der Waals surface area contributed by atoms with Crippen LogP contribution in [0.4, 0.5) is 11.4 Å². The lowest BCUT2D eigenvalue weighted by Gasteiger charge is -2.23. The van der Waals surface area contributed by atoms with Gasteiger partial charge in [-0.2, -0.15) is 0 Å². The van der Waals surface area contributed by atoms with Crippen LogP contribution in [0.25, 0.3) is 0 Å². The number of carbonyl (C=O) groups excluding carboxylic acids is 2. The fourth-order valence-corrected chi connectivity index (χ4v) is 3.32. The Bertz CT molecular complexity index is 796. The molecule has 0 radical (unpaired) electrons. The maximum Gasteiger partial charge on any atom is 0.238 e. The van der Waals surface area contributed by atoms with E-state index in [4.69, 9.17) is 0 Å². The molecule has 29 heavy (non-hydrogen) atoms. The fraction of sp³-hybridized carbons (Fsp3) is 0.417. The molecule has 2 aromatic rings. The van der Waals surface area contributed by atoms with Crippen LogP contribution in [0.5, 0.6) is 0 Å². The maximum atomic E-state index is 12.4. The van der Waals surface area contributed by atoms with Crippen LogP contribution in [0, 0.1) is 11.8 Å². The molecular formula is C24H33N3O2. The van der Waals surface area contributed by atoms with Gasteiger partial charge in [0.15, 0.2) is 0 Å². The highest BCUT2D eigenvalue weighted by Crippen LogP contribution is 2.23. The molecule has 0 heterocycles. The lowest BCUT2D eigenvalue weighted by molar-refractivity contribution is -0.116.